The Morgan fingerprint density at radius 2 is 1.22 bits per heavy atom. The first kappa shape index (κ1) is 15.1. The number of halogens is 2. The van der Waals surface area contributed by atoms with Crippen molar-refractivity contribution >= 4 is 0 Å². The Morgan fingerprint density at radius 3 is 1.61 bits per heavy atom. The predicted octanol–water partition coefficient (Wildman–Crippen LogP) is 5.34. The first-order valence-electron chi connectivity index (χ1n) is 6.66. The Kier molecular flexibility index (Phi) is 4.19. The number of hydrogen-bond acceptors (Lipinski definition) is 0. The summed E-state index contributed by atoms with van der Waals surface area (Å²) in [6.45, 7) is 11.7. The minimum atomic E-state index is -0.687. The molecule has 0 nitrogen and oxygen atoms in total. The van der Waals surface area contributed by atoms with E-state index < -0.39 is 11.6 Å². The molecule has 0 aliphatic carbocycles. The zero-order valence-corrected chi connectivity index (χ0v) is 12.3. The molecule has 0 aliphatic heterocycles. The molecule has 0 fully saturated rings. The van der Waals surface area contributed by atoms with Gasteiger partial charge in [0.05, 0.1) is 0 Å². The molecule has 0 N–H and O–H groups in total. The van der Waals surface area contributed by atoms with E-state index in [0.717, 1.165) is 12.8 Å². The average molecular weight is 254 g/mol. The zero-order valence-electron chi connectivity index (χ0n) is 12.3. The molecule has 0 saturated heterocycles. The highest BCUT2D eigenvalue weighted by Gasteiger charge is 2.30. The largest absolute Gasteiger partial charge is 0.203 e. The molecule has 0 aliphatic rings. The van der Waals surface area contributed by atoms with Gasteiger partial charge in [0.15, 0.2) is 11.6 Å². The molecule has 0 heterocycles. The van der Waals surface area contributed by atoms with Crippen molar-refractivity contribution in [3.05, 3.63) is 34.9 Å². The van der Waals surface area contributed by atoms with Crippen molar-refractivity contribution in [2.45, 2.75) is 65.2 Å². The maximum atomic E-state index is 14.3. The van der Waals surface area contributed by atoms with Crippen LogP contribution < -0.4 is 0 Å². The SMILES string of the molecule is CCC(C)(CC)c1ccc(C(C)(C)C)c(F)c1F. The molecule has 0 radical (unpaired) electrons. The molecular weight excluding hydrogens is 230 g/mol. The molecule has 0 bridgehead atoms. The second kappa shape index (κ2) is 4.99. The van der Waals surface area contributed by atoms with E-state index >= 15 is 0 Å². The van der Waals surface area contributed by atoms with Crippen LogP contribution in [0.25, 0.3) is 0 Å². The number of rotatable bonds is 3. The lowest BCUT2D eigenvalue weighted by atomic mass is 9.76. The van der Waals surface area contributed by atoms with Crippen LogP contribution in [0, 0.1) is 11.6 Å². The van der Waals surface area contributed by atoms with Crippen LogP contribution in [-0.4, -0.2) is 0 Å². The summed E-state index contributed by atoms with van der Waals surface area (Å²) in [5.74, 6) is -1.36. The van der Waals surface area contributed by atoms with E-state index in [0.29, 0.717) is 11.1 Å². The standard InChI is InChI=1S/C16H24F2/c1-7-16(6,8-2)12-10-9-11(15(3,4)5)13(17)14(12)18/h9-10H,7-8H2,1-6H3. The summed E-state index contributed by atoms with van der Waals surface area (Å²) in [5, 5.41) is 0. The van der Waals surface area contributed by atoms with E-state index in [9.17, 15) is 8.78 Å². The molecule has 1 aromatic carbocycles. The Bertz CT molecular complexity index is 423. The van der Waals surface area contributed by atoms with Gasteiger partial charge in [-0.25, -0.2) is 8.78 Å². The summed E-state index contributed by atoms with van der Waals surface area (Å²) in [5.41, 5.74) is 0.274. The van der Waals surface area contributed by atoms with E-state index in [4.69, 9.17) is 0 Å². The fraction of sp³-hybridized carbons (Fsp3) is 0.625. The van der Waals surface area contributed by atoms with E-state index in [-0.39, 0.29) is 10.8 Å². The normalized spacial score (nSPS) is 12.9. The molecule has 1 rings (SSSR count). The zero-order chi connectivity index (χ0) is 14.1. The van der Waals surface area contributed by atoms with Gasteiger partial charge in [0.2, 0.25) is 0 Å². The van der Waals surface area contributed by atoms with Crippen molar-refractivity contribution in [3.63, 3.8) is 0 Å². The van der Waals surface area contributed by atoms with Gasteiger partial charge >= 0.3 is 0 Å². The number of benzene rings is 1. The van der Waals surface area contributed by atoms with Gasteiger partial charge in [-0.05, 0) is 34.8 Å². The molecule has 0 aromatic heterocycles. The minimum Gasteiger partial charge on any atom is -0.203 e. The lowest BCUT2D eigenvalue weighted by Gasteiger charge is -2.29. The van der Waals surface area contributed by atoms with Gasteiger partial charge in [-0.1, -0.05) is 53.7 Å². The van der Waals surface area contributed by atoms with Gasteiger partial charge in [0.1, 0.15) is 0 Å². The third kappa shape index (κ3) is 2.57. The highest BCUT2D eigenvalue weighted by Crippen LogP contribution is 2.36. The minimum absolute atomic E-state index is 0.290. The lowest BCUT2D eigenvalue weighted by molar-refractivity contribution is 0.391. The fourth-order valence-corrected chi connectivity index (χ4v) is 2.23. The molecule has 0 atom stereocenters. The summed E-state index contributed by atoms with van der Waals surface area (Å²) in [6.07, 6.45) is 1.60. The molecule has 1 aromatic rings. The Hall–Kier alpha value is -0.920. The molecule has 2 heteroatoms. The first-order valence-corrected chi connectivity index (χ1v) is 6.66. The monoisotopic (exact) mass is 254 g/mol. The van der Waals surface area contributed by atoms with Gasteiger partial charge in [-0.3, -0.25) is 0 Å². The molecule has 18 heavy (non-hydrogen) atoms. The van der Waals surface area contributed by atoms with Crippen molar-refractivity contribution in [1.29, 1.82) is 0 Å². The summed E-state index contributed by atoms with van der Waals surface area (Å²) < 4.78 is 28.5. The van der Waals surface area contributed by atoms with Crippen molar-refractivity contribution < 1.29 is 8.78 Å². The van der Waals surface area contributed by atoms with Crippen molar-refractivity contribution in [2.24, 2.45) is 0 Å². The van der Waals surface area contributed by atoms with E-state index in [2.05, 4.69) is 0 Å². The third-order valence-corrected chi connectivity index (χ3v) is 4.10. The van der Waals surface area contributed by atoms with E-state index in [1.807, 2.05) is 41.5 Å². The second-order valence-electron chi connectivity index (χ2n) is 6.31. The van der Waals surface area contributed by atoms with Gasteiger partial charge in [0, 0.05) is 0 Å². The maximum Gasteiger partial charge on any atom is 0.162 e. The first-order chi connectivity index (χ1) is 8.17. The Morgan fingerprint density at radius 1 is 0.833 bits per heavy atom. The molecule has 0 spiro atoms. The summed E-state index contributed by atoms with van der Waals surface area (Å²) in [6, 6.07) is 3.49. The average Bonchev–Trinajstić information content (AvgIpc) is 2.30. The van der Waals surface area contributed by atoms with Crippen LogP contribution in [0.5, 0.6) is 0 Å². The summed E-state index contributed by atoms with van der Waals surface area (Å²) >= 11 is 0. The van der Waals surface area contributed by atoms with Crippen LogP contribution in [-0.2, 0) is 10.8 Å². The number of hydrogen-bond donors (Lipinski definition) is 0. The molecule has 0 saturated carbocycles. The summed E-state index contributed by atoms with van der Waals surface area (Å²) in [4.78, 5) is 0. The smallest absolute Gasteiger partial charge is 0.162 e. The Balaban J connectivity index is 3.42. The maximum absolute atomic E-state index is 14.3. The van der Waals surface area contributed by atoms with Crippen LogP contribution in [0.1, 0.15) is 65.5 Å². The second-order valence-corrected chi connectivity index (χ2v) is 6.31. The van der Waals surface area contributed by atoms with Gasteiger partial charge in [-0.15, -0.1) is 0 Å². The van der Waals surface area contributed by atoms with Crippen molar-refractivity contribution in [3.8, 4) is 0 Å². The molecular formula is C16H24F2. The van der Waals surface area contributed by atoms with Gasteiger partial charge in [0.25, 0.3) is 0 Å². The highest BCUT2D eigenvalue weighted by atomic mass is 19.2. The fourth-order valence-electron chi connectivity index (χ4n) is 2.23. The Labute approximate surface area is 109 Å². The summed E-state index contributed by atoms with van der Waals surface area (Å²) in [7, 11) is 0. The van der Waals surface area contributed by atoms with Crippen LogP contribution >= 0.6 is 0 Å². The quantitative estimate of drug-likeness (QED) is 0.683. The molecule has 102 valence electrons. The molecule has 0 unspecified atom stereocenters. The highest BCUT2D eigenvalue weighted by molar-refractivity contribution is 5.34. The van der Waals surface area contributed by atoms with Crippen molar-refractivity contribution in [1.82, 2.24) is 0 Å². The van der Waals surface area contributed by atoms with Crippen molar-refractivity contribution in [2.75, 3.05) is 0 Å². The van der Waals surface area contributed by atoms with E-state index in [1.54, 1.807) is 12.1 Å². The lowest BCUT2D eigenvalue weighted by Crippen LogP contribution is -2.24. The predicted molar refractivity (Wildman–Crippen MR) is 73.0 cm³/mol. The van der Waals surface area contributed by atoms with Crippen LogP contribution in [0.15, 0.2) is 12.1 Å². The van der Waals surface area contributed by atoms with Crippen LogP contribution in [0.3, 0.4) is 0 Å². The van der Waals surface area contributed by atoms with Crippen LogP contribution in [0.4, 0.5) is 8.78 Å². The van der Waals surface area contributed by atoms with E-state index in [1.165, 1.54) is 0 Å². The van der Waals surface area contributed by atoms with Gasteiger partial charge in [-0.2, -0.15) is 0 Å². The third-order valence-electron chi connectivity index (χ3n) is 4.10. The van der Waals surface area contributed by atoms with Gasteiger partial charge < -0.3 is 0 Å². The molecule has 0 amide bonds. The topological polar surface area (TPSA) is 0 Å². The van der Waals surface area contributed by atoms with Crippen LogP contribution in [0.2, 0.25) is 0 Å².